The summed E-state index contributed by atoms with van der Waals surface area (Å²) >= 11 is 9.77. The summed E-state index contributed by atoms with van der Waals surface area (Å²) in [5, 5.41) is 1.17. The Morgan fingerprint density at radius 3 is 1.41 bits per heavy atom. The SMILES string of the molecule is C[Si](C)(Cl)CCCCCCCCCCCCBr. The molecule has 0 aromatic heterocycles. The molecular weight excluding hydrogens is 312 g/mol. The summed E-state index contributed by atoms with van der Waals surface area (Å²) in [6.07, 6.45) is 14.1. The van der Waals surface area contributed by atoms with Crippen molar-refractivity contribution in [3.63, 3.8) is 0 Å². The number of hydrogen-bond donors (Lipinski definition) is 0. The molecule has 0 aromatic carbocycles. The zero-order valence-electron chi connectivity index (χ0n) is 11.7. The van der Waals surface area contributed by atoms with Crippen LogP contribution in [0.1, 0.15) is 64.2 Å². The molecule has 0 aliphatic rings. The number of rotatable bonds is 12. The summed E-state index contributed by atoms with van der Waals surface area (Å²) in [4.78, 5) is 0. The molecule has 0 heterocycles. The molecule has 104 valence electrons. The Hall–Kier alpha value is 0.987. The lowest BCUT2D eigenvalue weighted by Crippen LogP contribution is -2.14. The summed E-state index contributed by atoms with van der Waals surface area (Å²) in [5.41, 5.74) is 0. The van der Waals surface area contributed by atoms with Crippen molar-refractivity contribution in [3.05, 3.63) is 0 Å². The van der Waals surface area contributed by atoms with Gasteiger partial charge in [-0.25, -0.2) is 0 Å². The quantitative estimate of drug-likeness (QED) is 0.160. The molecule has 0 fully saturated rings. The van der Waals surface area contributed by atoms with Crippen LogP contribution in [0.3, 0.4) is 0 Å². The first-order valence-corrected chi connectivity index (χ1v) is 12.7. The summed E-state index contributed by atoms with van der Waals surface area (Å²) in [7, 11) is -1.28. The van der Waals surface area contributed by atoms with Crippen LogP contribution in [0.25, 0.3) is 0 Å². The van der Waals surface area contributed by atoms with E-state index in [-0.39, 0.29) is 0 Å². The van der Waals surface area contributed by atoms with Gasteiger partial charge in [0.1, 0.15) is 7.38 Å². The maximum Gasteiger partial charge on any atom is 0.150 e. The normalized spacial score (nSPS) is 12.0. The van der Waals surface area contributed by atoms with Gasteiger partial charge in [-0.3, -0.25) is 0 Å². The topological polar surface area (TPSA) is 0 Å². The van der Waals surface area contributed by atoms with Crippen molar-refractivity contribution in [3.8, 4) is 0 Å². The van der Waals surface area contributed by atoms with Crippen LogP contribution in [0.4, 0.5) is 0 Å². The van der Waals surface area contributed by atoms with Crippen LogP contribution in [0.15, 0.2) is 0 Å². The van der Waals surface area contributed by atoms with Gasteiger partial charge >= 0.3 is 0 Å². The molecule has 0 saturated carbocycles. The van der Waals surface area contributed by atoms with E-state index in [1.54, 1.807) is 0 Å². The molecule has 0 saturated heterocycles. The van der Waals surface area contributed by atoms with E-state index in [1.165, 1.54) is 75.6 Å². The minimum absolute atomic E-state index is 1.17. The fourth-order valence-corrected chi connectivity index (χ4v) is 3.94. The van der Waals surface area contributed by atoms with Gasteiger partial charge in [0.05, 0.1) is 0 Å². The lowest BCUT2D eigenvalue weighted by Gasteiger charge is -2.11. The Balaban J connectivity index is 2.99. The van der Waals surface area contributed by atoms with Crippen molar-refractivity contribution in [2.75, 3.05) is 5.33 Å². The second-order valence-corrected chi connectivity index (χ2v) is 13.5. The molecule has 0 aliphatic carbocycles. The first-order chi connectivity index (χ1) is 8.06. The second-order valence-electron chi connectivity index (χ2n) is 5.69. The van der Waals surface area contributed by atoms with Crippen LogP contribution >= 0.6 is 27.0 Å². The first kappa shape index (κ1) is 18.0. The highest BCUT2D eigenvalue weighted by Crippen LogP contribution is 2.19. The molecule has 0 N–H and O–H groups in total. The van der Waals surface area contributed by atoms with Gasteiger partial charge in [0.25, 0.3) is 0 Å². The summed E-state index contributed by atoms with van der Waals surface area (Å²) < 4.78 is 0. The molecule has 0 radical (unpaired) electrons. The molecule has 3 heteroatoms. The van der Waals surface area contributed by atoms with Gasteiger partial charge in [-0.05, 0) is 12.5 Å². The van der Waals surface area contributed by atoms with Gasteiger partial charge < -0.3 is 0 Å². The Morgan fingerprint density at radius 2 is 1.06 bits per heavy atom. The van der Waals surface area contributed by atoms with Crippen LogP contribution in [0.2, 0.25) is 19.1 Å². The monoisotopic (exact) mass is 340 g/mol. The molecule has 0 nitrogen and oxygen atoms in total. The molecular formula is C14H30BrClSi. The van der Waals surface area contributed by atoms with Crippen molar-refractivity contribution in [2.45, 2.75) is 83.3 Å². The third-order valence-corrected chi connectivity index (χ3v) is 5.83. The van der Waals surface area contributed by atoms with E-state index in [0.29, 0.717) is 0 Å². The Morgan fingerprint density at radius 1 is 0.706 bits per heavy atom. The molecule has 0 unspecified atom stereocenters. The van der Waals surface area contributed by atoms with Crippen molar-refractivity contribution in [2.24, 2.45) is 0 Å². The van der Waals surface area contributed by atoms with Gasteiger partial charge in [0.2, 0.25) is 0 Å². The van der Waals surface area contributed by atoms with E-state index in [9.17, 15) is 0 Å². The molecule has 0 aliphatic heterocycles. The van der Waals surface area contributed by atoms with E-state index in [0.717, 1.165) is 0 Å². The Kier molecular flexibility index (Phi) is 12.7. The Bertz CT molecular complexity index is 157. The van der Waals surface area contributed by atoms with Crippen molar-refractivity contribution >= 4 is 34.4 Å². The van der Waals surface area contributed by atoms with Crippen molar-refractivity contribution in [1.82, 2.24) is 0 Å². The fraction of sp³-hybridized carbons (Fsp3) is 1.00. The predicted molar refractivity (Wildman–Crippen MR) is 88.1 cm³/mol. The number of alkyl halides is 1. The zero-order chi connectivity index (χ0) is 13.0. The lowest BCUT2D eigenvalue weighted by atomic mass is 10.1. The van der Waals surface area contributed by atoms with Gasteiger partial charge in [0.15, 0.2) is 0 Å². The van der Waals surface area contributed by atoms with Crippen molar-refractivity contribution in [1.29, 1.82) is 0 Å². The van der Waals surface area contributed by atoms with Crippen LogP contribution in [0.5, 0.6) is 0 Å². The maximum absolute atomic E-state index is 6.29. The highest BCUT2D eigenvalue weighted by Gasteiger charge is 2.15. The van der Waals surface area contributed by atoms with Gasteiger partial charge in [-0.2, -0.15) is 11.1 Å². The third-order valence-electron chi connectivity index (χ3n) is 3.15. The summed E-state index contributed by atoms with van der Waals surface area (Å²) in [6.45, 7) is 4.50. The number of unbranched alkanes of at least 4 members (excludes halogenated alkanes) is 9. The van der Waals surface area contributed by atoms with Crippen LogP contribution in [-0.4, -0.2) is 12.7 Å². The van der Waals surface area contributed by atoms with E-state index in [2.05, 4.69) is 29.0 Å². The average molecular weight is 342 g/mol. The molecule has 0 atom stereocenters. The van der Waals surface area contributed by atoms with Gasteiger partial charge in [0, 0.05) is 5.33 Å². The lowest BCUT2D eigenvalue weighted by molar-refractivity contribution is 0.563. The largest absolute Gasteiger partial charge is 0.168 e. The molecule has 0 spiro atoms. The molecule has 0 bridgehead atoms. The van der Waals surface area contributed by atoms with E-state index in [4.69, 9.17) is 11.1 Å². The highest BCUT2D eigenvalue weighted by atomic mass is 79.9. The zero-order valence-corrected chi connectivity index (χ0v) is 15.1. The van der Waals surface area contributed by atoms with Crippen molar-refractivity contribution < 1.29 is 0 Å². The van der Waals surface area contributed by atoms with Crippen LogP contribution in [0, 0.1) is 0 Å². The molecule has 0 aromatic rings. The average Bonchev–Trinajstić information content (AvgIpc) is 2.24. The second kappa shape index (κ2) is 12.0. The minimum Gasteiger partial charge on any atom is -0.168 e. The Labute approximate surface area is 123 Å². The highest BCUT2D eigenvalue weighted by molar-refractivity contribution is 9.09. The summed E-state index contributed by atoms with van der Waals surface area (Å²) in [5.74, 6) is 0. The first-order valence-electron chi connectivity index (χ1n) is 7.31. The fourth-order valence-electron chi connectivity index (χ4n) is 2.05. The van der Waals surface area contributed by atoms with E-state index < -0.39 is 7.38 Å². The molecule has 17 heavy (non-hydrogen) atoms. The molecule has 0 amide bonds. The maximum atomic E-state index is 6.29. The van der Waals surface area contributed by atoms with Gasteiger partial charge in [-0.1, -0.05) is 86.8 Å². The van der Waals surface area contributed by atoms with Crippen LogP contribution < -0.4 is 0 Å². The van der Waals surface area contributed by atoms with E-state index in [1.807, 2.05) is 0 Å². The minimum atomic E-state index is -1.28. The number of hydrogen-bond acceptors (Lipinski definition) is 0. The van der Waals surface area contributed by atoms with E-state index >= 15 is 0 Å². The third kappa shape index (κ3) is 17.0. The summed E-state index contributed by atoms with van der Waals surface area (Å²) in [6, 6.07) is 1.29. The standard InChI is InChI=1S/C14H30BrClSi/c1-17(2,16)14-12-10-8-6-4-3-5-7-9-11-13-15/h3-14H2,1-2H3. The van der Waals surface area contributed by atoms with Crippen LogP contribution in [-0.2, 0) is 0 Å². The smallest absolute Gasteiger partial charge is 0.150 e. The predicted octanol–water partition coefficient (Wildman–Crippen LogP) is 6.73. The molecule has 0 rings (SSSR count). The van der Waals surface area contributed by atoms with Gasteiger partial charge in [-0.15, -0.1) is 0 Å². The number of halogens is 2.